The molecular weight excluding hydrogens is 356 g/mol. The van der Waals surface area contributed by atoms with E-state index in [2.05, 4.69) is 29.8 Å². The van der Waals surface area contributed by atoms with Crippen molar-refractivity contribution in [3.8, 4) is 5.75 Å². The van der Waals surface area contributed by atoms with E-state index in [1.165, 1.54) is 0 Å². The van der Waals surface area contributed by atoms with Gasteiger partial charge in [-0.3, -0.25) is 4.79 Å². The number of ether oxygens (including phenoxy) is 1. The Kier molecular flexibility index (Phi) is 6.08. The van der Waals surface area contributed by atoms with Crippen LogP contribution < -0.4 is 10.5 Å². The molecule has 1 aromatic carbocycles. The lowest BCUT2D eigenvalue weighted by molar-refractivity contribution is 0.0532. The lowest BCUT2D eigenvalue weighted by Gasteiger charge is -2.42. The number of hydrogen-bond donors (Lipinski definition) is 1. The van der Waals surface area contributed by atoms with Crippen LogP contribution in [0.25, 0.3) is 0 Å². The maximum absolute atomic E-state index is 12.7. The maximum atomic E-state index is 12.7. The molecule has 0 bridgehead atoms. The molecule has 0 aliphatic carbocycles. The molecule has 118 valence electrons. The summed E-state index contributed by atoms with van der Waals surface area (Å²) in [6.07, 6.45) is 0.834. The van der Waals surface area contributed by atoms with E-state index in [9.17, 15) is 4.79 Å². The molecule has 1 unspecified atom stereocenters. The van der Waals surface area contributed by atoms with Crippen LogP contribution in [0.5, 0.6) is 5.75 Å². The summed E-state index contributed by atoms with van der Waals surface area (Å²) in [5, 5.41) is 0. The number of methoxy groups -OCH3 is 1. The minimum atomic E-state index is -0.0563. The second-order valence-electron chi connectivity index (χ2n) is 5.96. The van der Waals surface area contributed by atoms with Gasteiger partial charge in [-0.15, -0.1) is 12.4 Å². The zero-order chi connectivity index (χ0) is 14.9. The average Bonchev–Trinajstić information content (AvgIpc) is 2.41. The summed E-state index contributed by atoms with van der Waals surface area (Å²) in [6, 6.07) is 5.58. The molecule has 4 nitrogen and oxygen atoms in total. The van der Waals surface area contributed by atoms with Gasteiger partial charge >= 0.3 is 0 Å². The molecule has 0 radical (unpaired) electrons. The normalized spacial score (nSPS) is 20.6. The predicted molar refractivity (Wildman–Crippen MR) is 90.2 cm³/mol. The highest BCUT2D eigenvalue weighted by Gasteiger charge is 2.35. The molecule has 1 atom stereocenters. The third-order valence-corrected chi connectivity index (χ3v) is 4.69. The van der Waals surface area contributed by atoms with E-state index in [0.29, 0.717) is 24.4 Å². The van der Waals surface area contributed by atoms with E-state index >= 15 is 0 Å². The highest BCUT2D eigenvalue weighted by atomic mass is 79.9. The number of piperidine rings is 1. The minimum absolute atomic E-state index is 0. The molecule has 1 aromatic rings. The van der Waals surface area contributed by atoms with Gasteiger partial charge in [0.1, 0.15) is 5.75 Å². The van der Waals surface area contributed by atoms with Crippen LogP contribution in [-0.4, -0.2) is 37.0 Å². The minimum Gasteiger partial charge on any atom is -0.497 e. The molecule has 21 heavy (non-hydrogen) atoms. The van der Waals surface area contributed by atoms with Crippen LogP contribution in [0.1, 0.15) is 30.6 Å². The Labute approximate surface area is 140 Å². The van der Waals surface area contributed by atoms with Crippen LogP contribution in [0.2, 0.25) is 0 Å². The zero-order valence-electron chi connectivity index (χ0n) is 12.6. The molecule has 1 amide bonds. The fraction of sp³-hybridized carbons (Fsp3) is 0.533. The SMILES string of the molecule is COc1ccc(Br)c(C(=O)N2CCC(N)C(C)(C)C2)c1.Cl. The lowest BCUT2D eigenvalue weighted by atomic mass is 9.79. The Morgan fingerprint density at radius 1 is 1.48 bits per heavy atom. The van der Waals surface area contributed by atoms with Crippen LogP contribution in [-0.2, 0) is 0 Å². The van der Waals surface area contributed by atoms with Gasteiger partial charge in [0.05, 0.1) is 12.7 Å². The van der Waals surface area contributed by atoms with Crippen molar-refractivity contribution in [1.82, 2.24) is 4.90 Å². The first-order chi connectivity index (χ1) is 9.35. The summed E-state index contributed by atoms with van der Waals surface area (Å²) in [4.78, 5) is 14.6. The zero-order valence-corrected chi connectivity index (χ0v) is 15.0. The van der Waals surface area contributed by atoms with Crippen molar-refractivity contribution in [2.24, 2.45) is 11.1 Å². The number of nitrogens with zero attached hydrogens (tertiary/aromatic N) is 1. The summed E-state index contributed by atoms with van der Waals surface area (Å²) in [5.74, 6) is 0.709. The molecule has 6 heteroatoms. The summed E-state index contributed by atoms with van der Waals surface area (Å²) in [7, 11) is 1.60. The van der Waals surface area contributed by atoms with Gasteiger partial charge < -0.3 is 15.4 Å². The highest BCUT2D eigenvalue weighted by molar-refractivity contribution is 9.10. The van der Waals surface area contributed by atoms with Crippen molar-refractivity contribution in [1.29, 1.82) is 0 Å². The van der Waals surface area contributed by atoms with Crippen molar-refractivity contribution in [2.45, 2.75) is 26.3 Å². The van der Waals surface area contributed by atoms with Gasteiger partial charge in [0, 0.05) is 23.6 Å². The van der Waals surface area contributed by atoms with E-state index in [1.807, 2.05) is 17.0 Å². The van der Waals surface area contributed by atoms with E-state index in [1.54, 1.807) is 13.2 Å². The molecule has 1 aliphatic heterocycles. The third-order valence-electron chi connectivity index (χ3n) is 4.00. The second kappa shape index (κ2) is 6.99. The smallest absolute Gasteiger partial charge is 0.255 e. The van der Waals surface area contributed by atoms with Gasteiger partial charge in [0.15, 0.2) is 0 Å². The Balaban J connectivity index is 0.00000220. The molecule has 2 N–H and O–H groups in total. The van der Waals surface area contributed by atoms with E-state index in [0.717, 1.165) is 10.9 Å². The van der Waals surface area contributed by atoms with Gasteiger partial charge in [-0.05, 0) is 46.0 Å². The molecule has 1 aliphatic rings. The Morgan fingerprint density at radius 3 is 2.71 bits per heavy atom. The van der Waals surface area contributed by atoms with E-state index in [4.69, 9.17) is 10.5 Å². The first-order valence-corrected chi connectivity index (χ1v) is 7.53. The number of carbonyl (C=O) groups is 1. The molecule has 1 saturated heterocycles. The fourth-order valence-electron chi connectivity index (χ4n) is 2.51. The number of hydrogen-bond acceptors (Lipinski definition) is 3. The van der Waals surface area contributed by atoms with Gasteiger partial charge in [0.2, 0.25) is 0 Å². The lowest BCUT2D eigenvalue weighted by Crippen LogP contribution is -2.54. The summed E-state index contributed by atoms with van der Waals surface area (Å²) >= 11 is 3.44. The molecule has 2 rings (SSSR count). The van der Waals surface area contributed by atoms with Gasteiger partial charge in [-0.2, -0.15) is 0 Å². The predicted octanol–water partition coefficient (Wildman–Crippen LogP) is 3.08. The number of rotatable bonds is 2. The fourth-order valence-corrected chi connectivity index (χ4v) is 2.93. The van der Waals surface area contributed by atoms with Crippen LogP contribution in [0, 0.1) is 5.41 Å². The molecule has 0 saturated carbocycles. The van der Waals surface area contributed by atoms with Crippen molar-refractivity contribution in [3.05, 3.63) is 28.2 Å². The number of benzene rings is 1. The monoisotopic (exact) mass is 376 g/mol. The molecule has 1 heterocycles. The average molecular weight is 378 g/mol. The summed E-state index contributed by atoms with van der Waals surface area (Å²) in [6.45, 7) is 5.60. The highest BCUT2D eigenvalue weighted by Crippen LogP contribution is 2.30. The molecule has 0 spiro atoms. The quantitative estimate of drug-likeness (QED) is 0.861. The Hall–Kier alpha value is -0.780. The first-order valence-electron chi connectivity index (χ1n) is 6.73. The van der Waals surface area contributed by atoms with Gasteiger partial charge in [0.25, 0.3) is 5.91 Å². The van der Waals surface area contributed by atoms with Crippen LogP contribution in [0.3, 0.4) is 0 Å². The second-order valence-corrected chi connectivity index (χ2v) is 6.81. The summed E-state index contributed by atoms with van der Waals surface area (Å²) in [5.41, 5.74) is 6.70. The van der Waals surface area contributed by atoms with Crippen molar-refractivity contribution in [2.75, 3.05) is 20.2 Å². The Bertz CT molecular complexity index is 522. The number of halogens is 2. The number of nitrogens with two attached hydrogens (primary N) is 1. The molecule has 1 fully saturated rings. The largest absolute Gasteiger partial charge is 0.497 e. The van der Waals surface area contributed by atoms with Crippen LogP contribution in [0.15, 0.2) is 22.7 Å². The molecule has 0 aromatic heterocycles. The third kappa shape index (κ3) is 3.90. The van der Waals surface area contributed by atoms with Gasteiger partial charge in [-0.1, -0.05) is 13.8 Å². The van der Waals surface area contributed by atoms with Crippen molar-refractivity contribution in [3.63, 3.8) is 0 Å². The summed E-state index contributed by atoms with van der Waals surface area (Å²) < 4.78 is 5.98. The van der Waals surface area contributed by atoms with Crippen LogP contribution >= 0.6 is 28.3 Å². The van der Waals surface area contributed by atoms with Crippen LogP contribution in [0.4, 0.5) is 0 Å². The molecular formula is C15H22BrClN2O2. The van der Waals surface area contributed by atoms with Crippen molar-refractivity contribution < 1.29 is 9.53 Å². The number of likely N-dealkylation sites (tertiary alicyclic amines) is 1. The first kappa shape index (κ1) is 18.3. The van der Waals surface area contributed by atoms with E-state index in [-0.39, 0.29) is 29.8 Å². The van der Waals surface area contributed by atoms with Gasteiger partial charge in [-0.25, -0.2) is 0 Å². The Morgan fingerprint density at radius 2 is 2.14 bits per heavy atom. The topological polar surface area (TPSA) is 55.6 Å². The number of carbonyl (C=O) groups excluding carboxylic acids is 1. The van der Waals surface area contributed by atoms with Crippen molar-refractivity contribution >= 4 is 34.2 Å². The van der Waals surface area contributed by atoms with E-state index < -0.39 is 0 Å². The maximum Gasteiger partial charge on any atom is 0.255 e. The number of amides is 1. The standard InChI is InChI=1S/C15H21BrN2O2.ClH/c1-15(2)9-18(7-6-13(15)17)14(19)11-8-10(20-3)4-5-12(11)16;/h4-5,8,13H,6-7,9,17H2,1-3H3;1H.